The van der Waals surface area contributed by atoms with E-state index in [2.05, 4.69) is 15.5 Å². The summed E-state index contributed by atoms with van der Waals surface area (Å²) in [5.41, 5.74) is 0.536. The Kier molecular flexibility index (Phi) is 6.20. The van der Waals surface area contributed by atoms with Gasteiger partial charge in [-0.1, -0.05) is 42.6 Å². The molecule has 1 aromatic carbocycles. The van der Waals surface area contributed by atoms with E-state index in [-0.39, 0.29) is 11.7 Å². The number of hydrogen-bond donors (Lipinski definition) is 1. The highest BCUT2D eigenvalue weighted by molar-refractivity contribution is 7.99. The normalized spacial score (nSPS) is 15.1. The van der Waals surface area contributed by atoms with E-state index < -0.39 is 0 Å². The van der Waals surface area contributed by atoms with E-state index >= 15 is 0 Å². The summed E-state index contributed by atoms with van der Waals surface area (Å²) < 4.78 is 10.9. The first-order valence-corrected chi connectivity index (χ1v) is 9.61. The summed E-state index contributed by atoms with van der Waals surface area (Å²) in [6.07, 6.45) is 5.89. The molecule has 3 rings (SSSR count). The maximum Gasteiger partial charge on any atom is 0.277 e. The number of aromatic nitrogens is 2. The Bertz CT molecular complexity index is 732. The zero-order valence-electron chi connectivity index (χ0n) is 14.0. The number of thioether (sulfide) groups is 1. The molecule has 1 aliphatic carbocycles. The van der Waals surface area contributed by atoms with Crippen molar-refractivity contribution in [3.8, 4) is 5.75 Å². The molecule has 1 amide bonds. The van der Waals surface area contributed by atoms with Gasteiger partial charge in [0, 0.05) is 10.9 Å². The van der Waals surface area contributed by atoms with Crippen LogP contribution < -0.4 is 10.1 Å². The second kappa shape index (κ2) is 8.58. The molecule has 0 saturated heterocycles. The highest BCUT2D eigenvalue weighted by Crippen LogP contribution is 2.33. The van der Waals surface area contributed by atoms with E-state index in [1.807, 2.05) is 0 Å². The van der Waals surface area contributed by atoms with Crippen molar-refractivity contribution in [3.63, 3.8) is 0 Å². The molecule has 134 valence electrons. The quantitative estimate of drug-likeness (QED) is 0.742. The van der Waals surface area contributed by atoms with Crippen LogP contribution in [-0.2, 0) is 4.79 Å². The first-order valence-electron chi connectivity index (χ1n) is 8.25. The van der Waals surface area contributed by atoms with Gasteiger partial charge in [-0.25, -0.2) is 0 Å². The Hall–Kier alpha value is -1.73. The number of ether oxygens (including phenoxy) is 1. The Balaban J connectivity index is 1.54. The third-order valence-corrected chi connectivity index (χ3v) is 5.19. The fourth-order valence-electron chi connectivity index (χ4n) is 2.88. The third kappa shape index (κ3) is 4.89. The van der Waals surface area contributed by atoms with Gasteiger partial charge in [-0.15, -0.1) is 10.2 Å². The van der Waals surface area contributed by atoms with Crippen LogP contribution in [0.1, 0.15) is 43.9 Å². The van der Waals surface area contributed by atoms with Gasteiger partial charge in [0.05, 0.1) is 18.6 Å². The average molecular weight is 382 g/mol. The van der Waals surface area contributed by atoms with Crippen LogP contribution in [-0.4, -0.2) is 29.0 Å². The van der Waals surface area contributed by atoms with Crippen molar-refractivity contribution in [3.05, 3.63) is 29.1 Å². The summed E-state index contributed by atoms with van der Waals surface area (Å²) in [6.45, 7) is 0. The van der Waals surface area contributed by atoms with Crippen LogP contribution in [0.15, 0.2) is 27.8 Å². The molecule has 8 heteroatoms. The van der Waals surface area contributed by atoms with Crippen molar-refractivity contribution in [2.24, 2.45) is 0 Å². The number of carbonyl (C=O) groups is 1. The van der Waals surface area contributed by atoms with Crippen LogP contribution >= 0.6 is 23.4 Å². The second-order valence-electron chi connectivity index (χ2n) is 5.92. The number of hydrogen-bond acceptors (Lipinski definition) is 6. The topological polar surface area (TPSA) is 77.2 Å². The molecule has 1 heterocycles. The van der Waals surface area contributed by atoms with Crippen LogP contribution in [0, 0.1) is 0 Å². The van der Waals surface area contributed by atoms with E-state index in [1.165, 1.54) is 31.0 Å². The highest BCUT2D eigenvalue weighted by atomic mass is 35.5. The summed E-state index contributed by atoms with van der Waals surface area (Å²) in [5.74, 6) is 1.59. The molecule has 1 fully saturated rings. The molecule has 0 spiro atoms. The predicted molar refractivity (Wildman–Crippen MR) is 97.5 cm³/mol. The number of amides is 1. The molecule has 6 nitrogen and oxygen atoms in total. The minimum atomic E-state index is -0.192. The monoisotopic (exact) mass is 381 g/mol. The fourth-order valence-corrected chi connectivity index (χ4v) is 3.63. The van der Waals surface area contributed by atoms with Crippen molar-refractivity contribution in [1.82, 2.24) is 10.2 Å². The van der Waals surface area contributed by atoms with Crippen molar-refractivity contribution in [2.75, 3.05) is 18.2 Å². The van der Waals surface area contributed by atoms with Gasteiger partial charge in [0.2, 0.25) is 11.8 Å². The average Bonchev–Trinajstić information content (AvgIpc) is 3.10. The number of anilines is 1. The number of benzene rings is 1. The van der Waals surface area contributed by atoms with E-state index in [0.717, 1.165) is 12.8 Å². The molecule has 1 N–H and O–H groups in total. The summed E-state index contributed by atoms with van der Waals surface area (Å²) in [4.78, 5) is 12.2. The van der Waals surface area contributed by atoms with Crippen LogP contribution in [0.5, 0.6) is 5.75 Å². The fraction of sp³-hybridized carbons (Fsp3) is 0.471. The first kappa shape index (κ1) is 18.1. The maximum atomic E-state index is 12.2. The molecule has 1 aromatic heterocycles. The predicted octanol–water partition coefficient (Wildman–Crippen LogP) is 4.51. The summed E-state index contributed by atoms with van der Waals surface area (Å²) in [6, 6.07) is 5.06. The van der Waals surface area contributed by atoms with Crippen LogP contribution in [0.2, 0.25) is 5.02 Å². The lowest BCUT2D eigenvalue weighted by Crippen LogP contribution is -2.14. The van der Waals surface area contributed by atoms with Gasteiger partial charge < -0.3 is 14.5 Å². The number of carbonyl (C=O) groups excluding carboxylic acids is 1. The minimum absolute atomic E-state index is 0.169. The molecule has 0 bridgehead atoms. The Morgan fingerprint density at radius 1 is 1.36 bits per heavy atom. The molecule has 0 aliphatic heterocycles. The Morgan fingerprint density at radius 2 is 2.16 bits per heavy atom. The van der Waals surface area contributed by atoms with Crippen molar-refractivity contribution in [2.45, 2.75) is 43.2 Å². The van der Waals surface area contributed by atoms with Crippen LogP contribution in [0.4, 0.5) is 5.69 Å². The molecular formula is C17H20ClN3O3S. The highest BCUT2D eigenvalue weighted by Gasteiger charge is 2.21. The maximum absolute atomic E-state index is 12.2. The van der Waals surface area contributed by atoms with E-state index in [0.29, 0.717) is 33.5 Å². The number of nitrogens with zero attached hydrogens (tertiary/aromatic N) is 2. The lowest BCUT2D eigenvalue weighted by molar-refractivity contribution is -0.113. The van der Waals surface area contributed by atoms with Gasteiger partial charge >= 0.3 is 0 Å². The molecule has 1 saturated carbocycles. The summed E-state index contributed by atoms with van der Waals surface area (Å²) in [7, 11) is 1.54. The molecule has 2 aromatic rings. The lowest BCUT2D eigenvalue weighted by Gasteiger charge is -2.17. The first-order chi connectivity index (χ1) is 12.2. The third-order valence-electron chi connectivity index (χ3n) is 4.14. The molecule has 0 radical (unpaired) electrons. The van der Waals surface area contributed by atoms with Gasteiger partial charge in [-0.05, 0) is 31.0 Å². The van der Waals surface area contributed by atoms with Crippen LogP contribution in [0.25, 0.3) is 0 Å². The standard InChI is InChI=1S/C17H20ClN3O3S/c1-23-14-8-7-12(18)9-13(14)19-15(22)10-25-17-21-20-16(24-17)11-5-3-2-4-6-11/h7-9,11H,2-6,10H2,1H3,(H,19,22). The zero-order valence-corrected chi connectivity index (χ0v) is 15.5. The number of methoxy groups -OCH3 is 1. The molecule has 1 aliphatic rings. The second-order valence-corrected chi connectivity index (χ2v) is 7.29. The molecular weight excluding hydrogens is 362 g/mol. The lowest BCUT2D eigenvalue weighted by atomic mass is 9.89. The number of rotatable bonds is 6. The van der Waals surface area contributed by atoms with E-state index in [9.17, 15) is 4.79 Å². The number of nitrogens with one attached hydrogen (secondary N) is 1. The van der Waals surface area contributed by atoms with Gasteiger partial charge in [-0.3, -0.25) is 4.79 Å². The zero-order chi connectivity index (χ0) is 17.6. The van der Waals surface area contributed by atoms with Gasteiger partial charge in [0.1, 0.15) is 5.75 Å². The van der Waals surface area contributed by atoms with Gasteiger partial charge in [-0.2, -0.15) is 0 Å². The SMILES string of the molecule is COc1ccc(Cl)cc1NC(=O)CSc1nnc(C2CCCCC2)o1. The minimum Gasteiger partial charge on any atom is -0.495 e. The van der Waals surface area contributed by atoms with Crippen molar-refractivity contribution >= 4 is 35.0 Å². The van der Waals surface area contributed by atoms with E-state index in [4.69, 9.17) is 20.8 Å². The van der Waals surface area contributed by atoms with Crippen LogP contribution in [0.3, 0.4) is 0 Å². The van der Waals surface area contributed by atoms with E-state index in [1.54, 1.807) is 25.3 Å². The van der Waals surface area contributed by atoms with Gasteiger partial charge in [0.15, 0.2) is 0 Å². The molecule has 0 atom stereocenters. The number of halogens is 1. The largest absolute Gasteiger partial charge is 0.495 e. The molecule has 25 heavy (non-hydrogen) atoms. The summed E-state index contributed by atoms with van der Waals surface area (Å²) >= 11 is 7.19. The summed E-state index contributed by atoms with van der Waals surface area (Å²) in [5, 5.41) is 11.9. The Labute approximate surface area is 155 Å². The van der Waals surface area contributed by atoms with Crippen molar-refractivity contribution < 1.29 is 13.9 Å². The smallest absolute Gasteiger partial charge is 0.277 e. The molecule has 0 unspecified atom stereocenters. The van der Waals surface area contributed by atoms with Crippen molar-refractivity contribution in [1.29, 1.82) is 0 Å². The van der Waals surface area contributed by atoms with Gasteiger partial charge in [0.25, 0.3) is 5.22 Å². The Morgan fingerprint density at radius 3 is 2.92 bits per heavy atom.